The number of esters is 2. The van der Waals surface area contributed by atoms with Crippen LogP contribution in [-0.2, 0) is 33.3 Å². The Morgan fingerprint density at radius 3 is 1.23 bits per heavy atom. The molecule has 0 aliphatic heterocycles. The van der Waals surface area contributed by atoms with E-state index in [1.807, 2.05) is 21.1 Å². The van der Waals surface area contributed by atoms with Gasteiger partial charge < -0.3 is 33.3 Å². The van der Waals surface area contributed by atoms with E-state index in [1.54, 1.807) is 0 Å². The number of likely N-dealkylation sites (N-methyl/N-ethyl adjacent to an activating group) is 1. The molecule has 0 aliphatic rings. The molecule has 9 nitrogen and oxygen atoms in total. The van der Waals surface area contributed by atoms with Crippen molar-refractivity contribution in [3.63, 3.8) is 0 Å². The summed E-state index contributed by atoms with van der Waals surface area (Å²) in [5.41, 5.74) is 0. The van der Waals surface area contributed by atoms with E-state index in [2.05, 4.69) is 38.2 Å². The Hall–Kier alpha value is -2.23. The van der Waals surface area contributed by atoms with Crippen molar-refractivity contribution in [3.8, 4) is 0 Å². The van der Waals surface area contributed by atoms with Crippen molar-refractivity contribution in [1.29, 1.82) is 0 Å². The highest BCUT2D eigenvalue weighted by atomic mass is 16.7. The van der Waals surface area contributed by atoms with Crippen molar-refractivity contribution in [3.05, 3.63) is 24.3 Å². The number of allylic oxidation sites excluding steroid dienone is 4. The molecule has 0 bridgehead atoms. The van der Waals surface area contributed by atoms with E-state index in [0.29, 0.717) is 23.9 Å². The number of carbonyl (C=O) groups excluding carboxylic acids is 3. The van der Waals surface area contributed by atoms with Crippen molar-refractivity contribution in [2.75, 3.05) is 47.5 Å². The lowest BCUT2D eigenvalue weighted by atomic mass is 10.0. The topological polar surface area (TPSA) is 111 Å². The first-order valence-electron chi connectivity index (χ1n) is 28.0. The van der Waals surface area contributed by atoms with Gasteiger partial charge in [-0.25, -0.2) is 0 Å². The second-order valence-electron chi connectivity index (χ2n) is 20.2. The van der Waals surface area contributed by atoms with Gasteiger partial charge >= 0.3 is 11.9 Å². The molecule has 0 fully saturated rings. The lowest BCUT2D eigenvalue weighted by molar-refractivity contribution is -0.870. The molecule has 0 aromatic heterocycles. The van der Waals surface area contributed by atoms with Crippen LogP contribution in [0.1, 0.15) is 264 Å². The molecule has 0 N–H and O–H groups in total. The zero-order valence-electron chi connectivity index (χ0n) is 44.1. The normalized spacial score (nSPS) is 12.9. The Kier molecular flexibility index (Phi) is 47.5. The molecule has 0 spiro atoms. The number of aliphatic carboxylic acids is 1. The summed E-state index contributed by atoms with van der Waals surface area (Å²) in [6.07, 6.45) is 53.6. The van der Waals surface area contributed by atoms with Gasteiger partial charge in [0, 0.05) is 12.8 Å². The van der Waals surface area contributed by atoms with Gasteiger partial charge in [0.25, 0.3) is 0 Å². The molecule has 0 heterocycles. The zero-order valence-corrected chi connectivity index (χ0v) is 44.1. The molecule has 0 amide bonds. The SMILES string of the molecule is CCCCC/C=C\C/C=C\CCCCCCCCCC(=O)OC(COC(=O)CCCCCCCCCCCCCCCCCCCCCCCCCC)COC(OCC[N+](C)(C)C)C(=O)[O-]. The highest BCUT2D eigenvalue weighted by Crippen LogP contribution is 2.17. The molecule has 2 unspecified atom stereocenters. The van der Waals surface area contributed by atoms with Gasteiger partial charge in [0.2, 0.25) is 0 Å². The Morgan fingerprint density at radius 2 is 0.818 bits per heavy atom. The second kappa shape index (κ2) is 49.2. The molecule has 0 saturated carbocycles. The predicted molar refractivity (Wildman–Crippen MR) is 274 cm³/mol. The summed E-state index contributed by atoms with van der Waals surface area (Å²) in [7, 11) is 5.92. The molecule has 0 aliphatic carbocycles. The van der Waals surface area contributed by atoms with Crippen molar-refractivity contribution in [2.45, 2.75) is 277 Å². The van der Waals surface area contributed by atoms with E-state index in [9.17, 15) is 19.5 Å². The molecule has 0 rings (SSSR count). The number of ether oxygens (including phenoxy) is 4. The third kappa shape index (κ3) is 49.7. The van der Waals surface area contributed by atoms with Crippen molar-refractivity contribution >= 4 is 17.9 Å². The number of rotatable bonds is 52. The van der Waals surface area contributed by atoms with E-state index < -0.39 is 24.3 Å². The van der Waals surface area contributed by atoms with Gasteiger partial charge in [-0.1, -0.05) is 231 Å². The fourth-order valence-corrected chi connectivity index (χ4v) is 8.10. The maximum absolute atomic E-state index is 12.8. The van der Waals surface area contributed by atoms with Crippen molar-refractivity contribution in [1.82, 2.24) is 0 Å². The largest absolute Gasteiger partial charge is 0.545 e. The number of nitrogens with zero attached hydrogens (tertiary/aromatic N) is 1. The van der Waals surface area contributed by atoms with Crippen LogP contribution in [0.4, 0.5) is 0 Å². The number of carbonyl (C=O) groups is 3. The first kappa shape index (κ1) is 63.8. The van der Waals surface area contributed by atoms with Crippen LogP contribution in [-0.4, -0.2) is 82.3 Å². The average Bonchev–Trinajstić information content (AvgIpc) is 3.28. The summed E-state index contributed by atoms with van der Waals surface area (Å²) in [5.74, 6) is -2.28. The number of carboxylic acid groups (broad SMARTS) is 1. The summed E-state index contributed by atoms with van der Waals surface area (Å²) in [5, 5.41) is 11.7. The molecule has 2 atom stereocenters. The lowest BCUT2D eigenvalue weighted by Gasteiger charge is -2.26. The zero-order chi connectivity index (χ0) is 48.4. The summed E-state index contributed by atoms with van der Waals surface area (Å²) < 4.78 is 22.7. The van der Waals surface area contributed by atoms with Crippen LogP contribution in [0.5, 0.6) is 0 Å². The minimum absolute atomic E-state index is 0.148. The Balaban J connectivity index is 4.21. The number of carboxylic acids is 1. The number of quaternary nitrogens is 1. The van der Waals surface area contributed by atoms with Gasteiger partial charge in [-0.3, -0.25) is 9.59 Å². The first-order valence-corrected chi connectivity index (χ1v) is 28.0. The predicted octanol–water partition coefficient (Wildman–Crippen LogP) is 14.6. The molecule has 9 heteroatoms. The number of unbranched alkanes of at least 4 members (excludes halogenated alkanes) is 33. The van der Waals surface area contributed by atoms with Crippen molar-refractivity contribution in [2.24, 2.45) is 0 Å². The van der Waals surface area contributed by atoms with E-state index in [0.717, 1.165) is 51.4 Å². The standard InChI is InChI=1S/C57H107NO8/c1-6-8-10-12-14-16-18-20-22-24-25-26-27-28-29-30-32-33-35-37-39-41-43-45-47-54(59)64-51-53(52-65-57(56(61)62)63-50-49-58(3,4)5)66-55(60)48-46-44-42-40-38-36-34-31-23-21-19-17-15-13-11-9-7-2/h15,17,21,23,53,57H,6-14,16,18-20,22,24-52H2,1-5H3/b17-15-,23-21-. The van der Waals surface area contributed by atoms with Crippen LogP contribution in [0.3, 0.4) is 0 Å². The number of hydrogen-bond acceptors (Lipinski definition) is 8. The van der Waals surface area contributed by atoms with E-state index in [-0.39, 0.29) is 32.2 Å². The molecule has 0 saturated heterocycles. The highest BCUT2D eigenvalue weighted by molar-refractivity contribution is 5.70. The van der Waals surface area contributed by atoms with Gasteiger partial charge in [-0.15, -0.1) is 0 Å². The molecular weight excluding hydrogens is 827 g/mol. The molecule has 66 heavy (non-hydrogen) atoms. The Bertz CT molecular complexity index is 1130. The van der Waals surface area contributed by atoms with Gasteiger partial charge in [0.1, 0.15) is 13.2 Å². The lowest BCUT2D eigenvalue weighted by Crippen LogP contribution is -2.44. The van der Waals surface area contributed by atoms with Crippen LogP contribution < -0.4 is 5.11 Å². The molecule has 0 aromatic rings. The fourth-order valence-electron chi connectivity index (χ4n) is 8.10. The van der Waals surface area contributed by atoms with Crippen LogP contribution in [0.25, 0.3) is 0 Å². The maximum atomic E-state index is 12.8. The monoisotopic (exact) mass is 934 g/mol. The van der Waals surface area contributed by atoms with Crippen LogP contribution in [0.15, 0.2) is 24.3 Å². The third-order valence-corrected chi connectivity index (χ3v) is 12.5. The third-order valence-electron chi connectivity index (χ3n) is 12.5. The van der Waals surface area contributed by atoms with Crippen LogP contribution in [0, 0.1) is 0 Å². The van der Waals surface area contributed by atoms with Gasteiger partial charge in [0.15, 0.2) is 12.4 Å². The molecular formula is C57H107NO8. The Morgan fingerprint density at radius 1 is 0.455 bits per heavy atom. The summed E-state index contributed by atoms with van der Waals surface area (Å²) >= 11 is 0. The van der Waals surface area contributed by atoms with E-state index in [4.69, 9.17) is 18.9 Å². The quantitative estimate of drug-likeness (QED) is 0.0195. The van der Waals surface area contributed by atoms with Crippen molar-refractivity contribution < 1.29 is 42.9 Å². The minimum Gasteiger partial charge on any atom is -0.545 e. The van der Waals surface area contributed by atoms with Gasteiger partial charge in [0.05, 0.1) is 40.3 Å². The smallest absolute Gasteiger partial charge is 0.306 e. The summed E-state index contributed by atoms with van der Waals surface area (Å²) in [6.45, 7) is 4.75. The van der Waals surface area contributed by atoms with E-state index in [1.165, 1.54) is 180 Å². The molecule has 0 radical (unpaired) electrons. The minimum atomic E-state index is -1.62. The van der Waals surface area contributed by atoms with E-state index >= 15 is 0 Å². The summed E-state index contributed by atoms with van der Waals surface area (Å²) in [6, 6.07) is 0. The first-order chi connectivity index (χ1) is 32.1. The van der Waals surface area contributed by atoms with Gasteiger partial charge in [-0.05, 0) is 44.9 Å². The molecule has 0 aromatic carbocycles. The summed E-state index contributed by atoms with van der Waals surface area (Å²) in [4.78, 5) is 37.2. The van der Waals surface area contributed by atoms with Crippen LogP contribution in [0.2, 0.25) is 0 Å². The fraction of sp³-hybridized carbons (Fsp3) is 0.877. The number of hydrogen-bond donors (Lipinski definition) is 0. The maximum Gasteiger partial charge on any atom is 0.306 e. The van der Waals surface area contributed by atoms with Crippen LogP contribution >= 0.6 is 0 Å². The average molecular weight is 934 g/mol. The van der Waals surface area contributed by atoms with Gasteiger partial charge in [-0.2, -0.15) is 0 Å². The highest BCUT2D eigenvalue weighted by Gasteiger charge is 2.22. The molecule has 388 valence electrons. The Labute approximate surface area is 407 Å². The second-order valence-corrected chi connectivity index (χ2v) is 20.2.